The highest BCUT2D eigenvalue weighted by Gasteiger charge is 2.48. The first-order valence-electron chi connectivity index (χ1n) is 8.11. The van der Waals surface area contributed by atoms with Crippen molar-refractivity contribution in [1.29, 1.82) is 0 Å². The molecule has 0 aromatic heterocycles. The highest BCUT2D eigenvalue weighted by molar-refractivity contribution is 9.10. The molecule has 1 aliphatic rings. The molecule has 0 saturated heterocycles. The maximum Gasteiger partial charge on any atom is 0.430 e. The number of rotatable bonds is 1. The fourth-order valence-electron chi connectivity index (χ4n) is 1.73. The van der Waals surface area contributed by atoms with E-state index in [0.29, 0.717) is 6.08 Å². The first-order valence-corrected chi connectivity index (χ1v) is 5.90. The third kappa shape index (κ3) is 2.42. The Morgan fingerprint density at radius 3 is 2.70 bits per heavy atom. The minimum atomic E-state index is -5.10. The second-order valence-electron chi connectivity index (χ2n) is 3.97. The topological polar surface area (TPSA) is 46.5 Å². The van der Waals surface area contributed by atoms with Crippen molar-refractivity contribution in [2.75, 3.05) is 0 Å². The summed E-state index contributed by atoms with van der Waals surface area (Å²) in [6.07, 6.45) is -7.41. The Labute approximate surface area is 129 Å². The highest BCUT2D eigenvalue weighted by atomic mass is 79.9. The summed E-state index contributed by atoms with van der Waals surface area (Å²) in [5, 5.41) is 9.05. The predicted molar refractivity (Wildman–Crippen MR) is 69.7 cm³/mol. The van der Waals surface area contributed by atoms with Crippen LogP contribution < -0.4 is 4.74 Å². The van der Waals surface area contributed by atoms with Crippen LogP contribution in [-0.4, -0.2) is 23.4 Å². The van der Waals surface area contributed by atoms with E-state index < -0.39 is 60.0 Å². The van der Waals surface area contributed by atoms with Gasteiger partial charge in [-0.25, -0.2) is 4.79 Å². The number of carbonyl (C=O) groups is 1. The fourth-order valence-corrected chi connectivity index (χ4v) is 2.06. The van der Waals surface area contributed by atoms with Crippen molar-refractivity contribution >= 4 is 28.0 Å². The Kier molecular flexibility index (Phi) is 2.09. The molecule has 3 nitrogen and oxygen atoms in total. The van der Waals surface area contributed by atoms with Gasteiger partial charge in [0.15, 0.2) is 0 Å². The van der Waals surface area contributed by atoms with Crippen LogP contribution in [0.5, 0.6) is 5.75 Å². The molecule has 0 amide bonds. The third-order valence-electron chi connectivity index (χ3n) is 2.64. The minimum Gasteiger partial charge on any atom is -0.478 e. The zero-order valence-electron chi connectivity index (χ0n) is 15.5. The standard InChI is InChI=1S/C13H10BrF3O3/c1-5-3-9-7(6(2)10(5)14)4-8(12(18)19)11(20-9)13(15,16)17/h3-4,11H,1-2H3,(H,18,19)/i1D3,2D3. The van der Waals surface area contributed by atoms with E-state index in [4.69, 9.17) is 18.1 Å². The summed E-state index contributed by atoms with van der Waals surface area (Å²) in [5.41, 5.74) is -2.84. The normalized spacial score (nSPS) is 23.8. The average molecular weight is 357 g/mol. The van der Waals surface area contributed by atoms with Crippen molar-refractivity contribution < 1.29 is 36.0 Å². The molecular weight excluding hydrogens is 341 g/mol. The molecule has 0 fully saturated rings. The van der Waals surface area contributed by atoms with E-state index >= 15 is 0 Å². The van der Waals surface area contributed by atoms with Crippen LogP contribution in [0.1, 0.15) is 24.9 Å². The van der Waals surface area contributed by atoms with Crippen molar-refractivity contribution in [2.24, 2.45) is 0 Å². The zero-order valence-corrected chi connectivity index (χ0v) is 11.1. The number of aryl methyl sites for hydroxylation is 1. The first kappa shape index (κ1) is 8.71. The summed E-state index contributed by atoms with van der Waals surface area (Å²) in [6, 6.07) is 0.759. The smallest absolute Gasteiger partial charge is 0.430 e. The lowest BCUT2D eigenvalue weighted by Gasteiger charge is -2.28. The molecule has 1 aromatic rings. The Balaban J connectivity index is 2.89. The molecule has 1 aromatic carbocycles. The van der Waals surface area contributed by atoms with Crippen LogP contribution in [-0.2, 0) is 4.79 Å². The number of halogens is 4. The second-order valence-corrected chi connectivity index (χ2v) is 4.76. The number of hydrogen-bond acceptors (Lipinski definition) is 2. The van der Waals surface area contributed by atoms with E-state index in [0.717, 1.165) is 6.07 Å². The summed E-state index contributed by atoms with van der Waals surface area (Å²) in [4.78, 5) is 11.2. The van der Waals surface area contributed by atoms with Gasteiger partial charge in [-0.15, -0.1) is 0 Å². The van der Waals surface area contributed by atoms with Crippen molar-refractivity contribution in [2.45, 2.75) is 26.0 Å². The number of fused-ring (bicyclic) bond motifs is 1. The number of aliphatic carboxylic acids is 1. The largest absolute Gasteiger partial charge is 0.478 e. The molecule has 0 radical (unpaired) electrons. The maximum atomic E-state index is 13.1. The number of benzene rings is 1. The van der Waals surface area contributed by atoms with Crippen LogP contribution in [0, 0.1) is 13.7 Å². The van der Waals surface area contributed by atoms with Gasteiger partial charge < -0.3 is 9.84 Å². The van der Waals surface area contributed by atoms with E-state index in [-0.39, 0.29) is 4.47 Å². The molecule has 0 spiro atoms. The van der Waals surface area contributed by atoms with E-state index in [2.05, 4.69) is 15.9 Å². The minimum absolute atomic E-state index is 0.369. The molecule has 2 rings (SSSR count). The third-order valence-corrected chi connectivity index (χ3v) is 3.46. The predicted octanol–water partition coefficient (Wildman–Crippen LogP) is 3.86. The van der Waals surface area contributed by atoms with Gasteiger partial charge in [-0.1, -0.05) is 15.9 Å². The lowest BCUT2D eigenvalue weighted by atomic mass is 9.96. The summed E-state index contributed by atoms with van der Waals surface area (Å²) in [5.74, 6) is -2.61. The quantitative estimate of drug-likeness (QED) is 0.830. The van der Waals surface area contributed by atoms with E-state index in [1.807, 2.05) is 0 Å². The molecule has 0 bridgehead atoms. The van der Waals surface area contributed by atoms with Crippen molar-refractivity contribution in [1.82, 2.24) is 0 Å². The molecule has 1 heterocycles. The molecule has 20 heavy (non-hydrogen) atoms. The van der Waals surface area contributed by atoms with Crippen molar-refractivity contribution in [3.8, 4) is 5.75 Å². The van der Waals surface area contributed by atoms with Crippen molar-refractivity contribution in [3.05, 3.63) is 32.8 Å². The number of ether oxygens (including phenoxy) is 1. The molecule has 7 heteroatoms. The summed E-state index contributed by atoms with van der Waals surface area (Å²) < 4.78 is 88.8. The Bertz CT molecular complexity index is 798. The molecule has 108 valence electrons. The first-order chi connectivity index (χ1) is 11.5. The van der Waals surface area contributed by atoms with Crippen LogP contribution in [0.15, 0.2) is 16.1 Å². The van der Waals surface area contributed by atoms with Crippen LogP contribution in [0.4, 0.5) is 13.2 Å². The van der Waals surface area contributed by atoms with E-state index in [1.165, 1.54) is 0 Å². The van der Waals surface area contributed by atoms with Gasteiger partial charge in [-0.3, -0.25) is 0 Å². The molecule has 0 saturated carbocycles. The van der Waals surface area contributed by atoms with E-state index in [1.54, 1.807) is 0 Å². The number of carboxylic acid groups (broad SMARTS) is 1. The average Bonchev–Trinajstić information content (AvgIpc) is 2.41. The van der Waals surface area contributed by atoms with E-state index in [9.17, 15) is 18.0 Å². The van der Waals surface area contributed by atoms with Gasteiger partial charge in [0, 0.05) is 18.3 Å². The second kappa shape index (κ2) is 4.80. The number of alkyl halides is 3. The van der Waals surface area contributed by atoms with Crippen LogP contribution in [0.2, 0.25) is 0 Å². The van der Waals surface area contributed by atoms with Crippen molar-refractivity contribution in [3.63, 3.8) is 0 Å². The van der Waals surface area contributed by atoms with Gasteiger partial charge in [-0.2, -0.15) is 13.2 Å². The monoisotopic (exact) mass is 356 g/mol. The molecule has 1 unspecified atom stereocenters. The SMILES string of the molecule is [2H]C([2H])([2H])c1cc2c(c(C([2H])([2H])[2H])c1Br)C=C(C(=O)O)C(C(F)(F)F)O2. The molecule has 1 aliphatic heterocycles. The van der Waals surface area contributed by atoms with Gasteiger partial charge in [0.1, 0.15) is 5.75 Å². The van der Waals surface area contributed by atoms with Crippen LogP contribution in [0.25, 0.3) is 6.08 Å². The van der Waals surface area contributed by atoms with Gasteiger partial charge >= 0.3 is 12.1 Å². The summed E-state index contributed by atoms with van der Waals surface area (Å²) in [7, 11) is 0. The Morgan fingerprint density at radius 1 is 1.50 bits per heavy atom. The fraction of sp³-hybridized carbons (Fsp3) is 0.308. The summed E-state index contributed by atoms with van der Waals surface area (Å²) >= 11 is 2.87. The maximum absolute atomic E-state index is 13.1. The Hall–Kier alpha value is -1.50. The van der Waals surface area contributed by atoms with Gasteiger partial charge in [-0.05, 0) is 37.0 Å². The molecular formula is C13H10BrF3O3. The van der Waals surface area contributed by atoms with Gasteiger partial charge in [0.2, 0.25) is 6.10 Å². The van der Waals surface area contributed by atoms with Crippen LogP contribution in [0.3, 0.4) is 0 Å². The van der Waals surface area contributed by atoms with Gasteiger partial charge in [0.25, 0.3) is 0 Å². The lowest BCUT2D eigenvalue weighted by Crippen LogP contribution is -2.40. The van der Waals surface area contributed by atoms with Gasteiger partial charge in [0.05, 0.1) is 5.57 Å². The molecule has 1 N–H and O–H groups in total. The lowest BCUT2D eigenvalue weighted by molar-refractivity contribution is -0.187. The molecule has 0 aliphatic carbocycles. The number of hydrogen-bond donors (Lipinski definition) is 1. The zero-order chi connectivity index (χ0) is 20.2. The number of carboxylic acids is 1. The van der Waals surface area contributed by atoms with Crippen LogP contribution >= 0.6 is 15.9 Å². The summed E-state index contributed by atoms with van der Waals surface area (Å²) in [6.45, 7) is -5.79. The Morgan fingerprint density at radius 2 is 2.20 bits per heavy atom. The highest BCUT2D eigenvalue weighted by Crippen LogP contribution is 2.41. The molecule has 1 atom stereocenters.